The summed E-state index contributed by atoms with van der Waals surface area (Å²) in [7, 11) is 0. The Morgan fingerprint density at radius 1 is 1.05 bits per heavy atom. The number of aryl methyl sites for hydroxylation is 1. The quantitative estimate of drug-likeness (QED) is 0.808. The van der Waals surface area contributed by atoms with Crippen molar-refractivity contribution in [2.45, 2.75) is 13.5 Å². The van der Waals surface area contributed by atoms with Crippen LogP contribution in [0, 0.1) is 24.4 Å². The summed E-state index contributed by atoms with van der Waals surface area (Å²) in [4.78, 5) is 0. The van der Waals surface area contributed by atoms with Crippen molar-refractivity contribution in [1.29, 1.82) is 0 Å². The molecule has 2 aromatic rings. The minimum Gasteiger partial charge on any atom is -0.378 e. The van der Waals surface area contributed by atoms with Crippen LogP contribution in [0.15, 0.2) is 30.3 Å². The first kappa shape index (κ1) is 13.7. The minimum absolute atomic E-state index is 0.0757. The van der Waals surface area contributed by atoms with Gasteiger partial charge in [-0.3, -0.25) is 0 Å². The van der Waals surface area contributed by atoms with Crippen molar-refractivity contribution >= 4 is 17.3 Å². The van der Waals surface area contributed by atoms with Crippen LogP contribution in [0.3, 0.4) is 0 Å². The summed E-state index contributed by atoms with van der Waals surface area (Å²) in [6.07, 6.45) is 0. The normalized spacial score (nSPS) is 10.6. The van der Waals surface area contributed by atoms with Gasteiger partial charge in [-0.1, -0.05) is 17.7 Å². The number of halogens is 4. The van der Waals surface area contributed by atoms with Crippen LogP contribution in [0.2, 0.25) is 5.02 Å². The molecule has 0 aliphatic rings. The number of rotatable bonds is 3. The molecular weight excluding hydrogens is 275 g/mol. The molecule has 0 atom stereocenters. The fourth-order valence-electron chi connectivity index (χ4n) is 1.71. The molecule has 1 nitrogen and oxygen atoms in total. The predicted octanol–water partition coefficient (Wildman–Crippen LogP) is 4.68. The van der Waals surface area contributed by atoms with Gasteiger partial charge in [0.2, 0.25) is 0 Å². The average molecular weight is 286 g/mol. The van der Waals surface area contributed by atoms with E-state index >= 15 is 0 Å². The van der Waals surface area contributed by atoms with Crippen molar-refractivity contribution in [2.75, 3.05) is 5.32 Å². The summed E-state index contributed by atoms with van der Waals surface area (Å²) in [5.74, 6) is -3.89. The van der Waals surface area contributed by atoms with Gasteiger partial charge in [0.05, 0.1) is 5.69 Å². The Hall–Kier alpha value is -1.68. The van der Waals surface area contributed by atoms with Crippen LogP contribution in [0.4, 0.5) is 18.9 Å². The zero-order valence-electron chi connectivity index (χ0n) is 10.1. The summed E-state index contributed by atoms with van der Waals surface area (Å²) in [6, 6.07) is 7.34. The van der Waals surface area contributed by atoms with Crippen LogP contribution in [0.1, 0.15) is 11.1 Å². The van der Waals surface area contributed by atoms with E-state index in [0.717, 1.165) is 17.2 Å². The van der Waals surface area contributed by atoms with Gasteiger partial charge in [-0.05, 0) is 42.3 Å². The Balaban J connectivity index is 2.17. The van der Waals surface area contributed by atoms with Crippen molar-refractivity contribution in [3.63, 3.8) is 0 Å². The lowest BCUT2D eigenvalue weighted by Gasteiger charge is -2.10. The maximum absolute atomic E-state index is 13.4. The number of benzene rings is 2. The first-order chi connectivity index (χ1) is 8.99. The number of hydrogen-bond acceptors (Lipinski definition) is 1. The van der Waals surface area contributed by atoms with Crippen LogP contribution in [-0.4, -0.2) is 0 Å². The Labute approximate surface area is 114 Å². The lowest BCUT2D eigenvalue weighted by atomic mass is 10.1. The molecular formula is C14H11ClF3N. The standard InChI is InChI=1S/C14H11ClF3N/c1-8-6-10(15)3-2-9(8)7-19-12-5-4-11(16)13(17)14(12)18/h2-6,19H,7H2,1H3. The summed E-state index contributed by atoms with van der Waals surface area (Å²) < 4.78 is 39.2. The van der Waals surface area contributed by atoms with Gasteiger partial charge in [-0.2, -0.15) is 0 Å². The molecule has 0 heterocycles. The SMILES string of the molecule is Cc1cc(Cl)ccc1CNc1ccc(F)c(F)c1F. The molecule has 100 valence electrons. The highest BCUT2D eigenvalue weighted by Gasteiger charge is 2.13. The second-order valence-electron chi connectivity index (χ2n) is 4.15. The second-order valence-corrected chi connectivity index (χ2v) is 4.58. The summed E-state index contributed by atoms with van der Waals surface area (Å²) in [6.45, 7) is 2.16. The molecule has 0 aliphatic heterocycles. The van der Waals surface area contributed by atoms with E-state index in [-0.39, 0.29) is 5.69 Å². The Morgan fingerprint density at radius 2 is 1.79 bits per heavy atom. The van der Waals surface area contributed by atoms with Crippen molar-refractivity contribution < 1.29 is 13.2 Å². The van der Waals surface area contributed by atoms with Gasteiger partial charge in [0.15, 0.2) is 17.5 Å². The smallest absolute Gasteiger partial charge is 0.196 e. The molecule has 0 unspecified atom stereocenters. The number of hydrogen-bond donors (Lipinski definition) is 1. The van der Waals surface area contributed by atoms with Crippen LogP contribution in [0.25, 0.3) is 0 Å². The fraction of sp³-hybridized carbons (Fsp3) is 0.143. The van der Waals surface area contributed by atoms with E-state index in [1.807, 2.05) is 6.92 Å². The van der Waals surface area contributed by atoms with E-state index in [2.05, 4.69) is 5.32 Å². The van der Waals surface area contributed by atoms with Crippen LogP contribution in [0.5, 0.6) is 0 Å². The molecule has 0 spiro atoms. The molecule has 2 aromatic carbocycles. The molecule has 0 aliphatic carbocycles. The van der Waals surface area contributed by atoms with E-state index in [4.69, 9.17) is 11.6 Å². The van der Waals surface area contributed by atoms with E-state index in [1.54, 1.807) is 18.2 Å². The predicted molar refractivity (Wildman–Crippen MR) is 69.8 cm³/mol. The third-order valence-electron chi connectivity index (χ3n) is 2.81. The fourth-order valence-corrected chi connectivity index (χ4v) is 1.94. The Morgan fingerprint density at radius 3 is 2.47 bits per heavy atom. The van der Waals surface area contributed by atoms with Crippen LogP contribution >= 0.6 is 11.6 Å². The molecule has 2 rings (SSSR count). The highest BCUT2D eigenvalue weighted by Crippen LogP contribution is 2.21. The molecule has 0 aromatic heterocycles. The zero-order valence-corrected chi connectivity index (χ0v) is 10.9. The second kappa shape index (κ2) is 5.53. The topological polar surface area (TPSA) is 12.0 Å². The monoisotopic (exact) mass is 285 g/mol. The van der Waals surface area contributed by atoms with E-state index in [0.29, 0.717) is 11.6 Å². The maximum Gasteiger partial charge on any atom is 0.196 e. The third-order valence-corrected chi connectivity index (χ3v) is 3.04. The number of anilines is 1. The highest BCUT2D eigenvalue weighted by atomic mass is 35.5. The summed E-state index contributed by atoms with van der Waals surface area (Å²) in [5, 5.41) is 3.34. The van der Waals surface area contributed by atoms with Crippen LogP contribution < -0.4 is 5.32 Å². The van der Waals surface area contributed by atoms with Gasteiger partial charge in [-0.25, -0.2) is 13.2 Å². The zero-order chi connectivity index (χ0) is 14.0. The van der Waals surface area contributed by atoms with Crippen molar-refractivity contribution in [3.05, 3.63) is 63.9 Å². The molecule has 1 N–H and O–H groups in total. The Bertz CT molecular complexity index is 614. The lowest BCUT2D eigenvalue weighted by Crippen LogP contribution is -2.05. The summed E-state index contributed by atoms with van der Waals surface area (Å²) in [5.41, 5.74) is 1.75. The van der Waals surface area contributed by atoms with Gasteiger partial charge < -0.3 is 5.32 Å². The van der Waals surface area contributed by atoms with Crippen molar-refractivity contribution in [2.24, 2.45) is 0 Å². The third kappa shape index (κ3) is 3.01. The molecule has 0 saturated heterocycles. The molecule has 19 heavy (non-hydrogen) atoms. The van der Waals surface area contributed by atoms with E-state index in [9.17, 15) is 13.2 Å². The first-order valence-electron chi connectivity index (χ1n) is 5.61. The molecule has 0 amide bonds. The van der Waals surface area contributed by atoms with Gasteiger partial charge in [0.1, 0.15) is 0 Å². The molecule has 0 radical (unpaired) electrons. The molecule has 0 bridgehead atoms. The first-order valence-corrected chi connectivity index (χ1v) is 5.99. The summed E-state index contributed by atoms with van der Waals surface area (Å²) >= 11 is 5.83. The molecule has 0 fully saturated rings. The molecule has 5 heteroatoms. The minimum atomic E-state index is -1.47. The molecule has 0 saturated carbocycles. The maximum atomic E-state index is 13.4. The van der Waals surface area contributed by atoms with Crippen molar-refractivity contribution in [3.8, 4) is 0 Å². The average Bonchev–Trinajstić information content (AvgIpc) is 2.37. The van der Waals surface area contributed by atoms with Crippen molar-refractivity contribution in [1.82, 2.24) is 0 Å². The largest absolute Gasteiger partial charge is 0.378 e. The van der Waals surface area contributed by atoms with Gasteiger partial charge in [-0.15, -0.1) is 0 Å². The number of nitrogens with one attached hydrogen (secondary N) is 1. The highest BCUT2D eigenvalue weighted by molar-refractivity contribution is 6.30. The van der Waals surface area contributed by atoms with Crippen LogP contribution in [-0.2, 0) is 6.54 Å². The van der Waals surface area contributed by atoms with Gasteiger partial charge in [0, 0.05) is 11.6 Å². The van der Waals surface area contributed by atoms with Gasteiger partial charge >= 0.3 is 0 Å². The van der Waals surface area contributed by atoms with E-state index < -0.39 is 17.5 Å². The van der Waals surface area contributed by atoms with Gasteiger partial charge in [0.25, 0.3) is 0 Å². The Kier molecular flexibility index (Phi) is 4.00. The lowest BCUT2D eigenvalue weighted by molar-refractivity contribution is 0.449. The van der Waals surface area contributed by atoms with E-state index in [1.165, 1.54) is 6.07 Å².